The Bertz CT molecular complexity index is 1230. The van der Waals surface area contributed by atoms with Crippen LogP contribution in [0.4, 0.5) is 5.69 Å². The highest BCUT2D eigenvalue weighted by atomic mass is 16.5. The number of ether oxygens (including phenoxy) is 3. The van der Waals surface area contributed by atoms with Crippen LogP contribution in [0.15, 0.2) is 66.7 Å². The maximum atomic E-state index is 10.7. The fourth-order valence-electron chi connectivity index (χ4n) is 5.70. The number of hydrogen-bond donors (Lipinski definition) is 1. The number of nitrogens with two attached hydrogens (primary N) is 1. The van der Waals surface area contributed by atoms with Gasteiger partial charge in [-0.25, -0.2) is 0 Å². The summed E-state index contributed by atoms with van der Waals surface area (Å²) in [4.78, 5) is 13.2. The molecule has 0 aromatic heterocycles. The second-order valence-corrected chi connectivity index (χ2v) is 10.7. The number of rotatable bonds is 9. The average molecular weight is 515 g/mol. The van der Waals surface area contributed by atoms with Gasteiger partial charge in [0.25, 0.3) is 6.47 Å². The number of carbonyl (C=O) groups is 1. The lowest BCUT2D eigenvalue weighted by atomic mass is 9.72. The minimum absolute atomic E-state index is 0.0243. The van der Waals surface area contributed by atoms with Gasteiger partial charge in [-0.15, -0.1) is 0 Å². The van der Waals surface area contributed by atoms with E-state index in [0.717, 1.165) is 59.9 Å². The van der Waals surface area contributed by atoms with Gasteiger partial charge in [0, 0.05) is 43.6 Å². The molecule has 0 bridgehead atoms. The van der Waals surface area contributed by atoms with Crippen LogP contribution in [-0.2, 0) is 27.5 Å². The van der Waals surface area contributed by atoms with E-state index in [4.69, 9.17) is 19.9 Å². The molecule has 2 fully saturated rings. The summed E-state index contributed by atoms with van der Waals surface area (Å²) >= 11 is 0. The summed E-state index contributed by atoms with van der Waals surface area (Å²) in [5.41, 5.74) is 13.2. The zero-order valence-corrected chi connectivity index (χ0v) is 22.2. The molecule has 1 atom stereocenters. The van der Waals surface area contributed by atoms with Gasteiger partial charge < -0.3 is 24.8 Å². The predicted molar refractivity (Wildman–Crippen MR) is 150 cm³/mol. The van der Waals surface area contributed by atoms with E-state index in [2.05, 4.69) is 47.4 Å². The fraction of sp³-hybridized carbons (Fsp3) is 0.406. The molecule has 38 heavy (non-hydrogen) atoms. The molecule has 6 heteroatoms. The number of piperidine rings is 1. The van der Waals surface area contributed by atoms with E-state index in [-0.39, 0.29) is 12.6 Å². The van der Waals surface area contributed by atoms with Gasteiger partial charge in [-0.1, -0.05) is 36.4 Å². The maximum Gasteiger partial charge on any atom is 0.293 e. The molecule has 0 amide bonds. The van der Waals surface area contributed by atoms with Crippen LogP contribution >= 0.6 is 0 Å². The highest BCUT2D eigenvalue weighted by molar-refractivity contribution is 5.70. The van der Waals surface area contributed by atoms with Crippen molar-refractivity contribution in [1.29, 1.82) is 0 Å². The Hall–Kier alpha value is -3.35. The first-order valence-electron chi connectivity index (χ1n) is 13.6. The number of anilines is 1. The van der Waals surface area contributed by atoms with Crippen LogP contribution in [0, 0.1) is 5.41 Å². The first kappa shape index (κ1) is 26.3. The predicted octanol–water partition coefficient (Wildman–Crippen LogP) is 6.02. The largest absolute Gasteiger partial charge is 0.488 e. The van der Waals surface area contributed by atoms with Gasteiger partial charge in [-0.3, -0.25) is 4.79 Å². The quantitative estimate of drug-likeness (QED) is 0.352. The third kappa shape index (κ3) is 6.20. The van der Waals surface area contributed by atoms with Crippen molar-refractivity contribution in [2.45, 2.75) is 51.9 Å². The molecular weight excluding hydrogens is 476 g/mol. The van der Waals surface area contributed by atoms with Crippen molar-refractivity contribution in [1.82, 2.24) is 0 Å². The van der Waals surface area contributed by atoms with E-state index < -0.39 is 0 Å². The molecular formula is C32H38N2O4. The van der Waals surface area contributed by atoms with Gasteiger partial charge in [-0.2, -0.15) is 0 Å². The molecule has 3 aromatic rings. The SMILES string of the molecule is C[C@@H](N)c1cccc(-c2cc(COc3ccccc3COC=O)cc(N3CCC4(CCOCC4)CC3)c2)c1. The van der Waals surface area contributed by atoms with Crippen molar-refractivity contribution in [3.63, 3.8) is 0 Å². The summed E-state index contributed by atoms with van der Waals surface area (Å²) in [5, 5.41) is 0. The zero-order valence-electron chi connectivity index (χ0n) is 22.2. The first-order chi connectivity index (χ1) is 18.5. The lowest BCUT2D eigenvalue weighted by Crippen LogP contribution is -2.43. The van der Waals surface area contributed by atoms with Crippen molar-refractivity contribution in [2.24, 2.45) is 11.1 Å². The summed E-state index contributed by atoms with van der Waals surface area (Å²) in [6.07, 6.45) is 4.77. The van der Waals surface area contributed by atoms with Crippen molar-refractivity contribution in [3.05, 3.63) is 83.4 Å². The van der Waals surface area contributed by atoms with E-state index in [1.165, 1.54) is 31.4 Å². The van der Waals surface area contributed by atoms with Gasteiger partial charge in [0.2, 0.25) is 0 Å². The summed E-state index contributed by atoms with van der Waals surface area (Å²) in [6.45, 7) is 6.98. The van der Waals surface area contributed by atoms with Crippen molar-refractivity contribution in [3.8, 4) is 16.9 Å². The number of nitrogens with zero attached hydrogens (tertiary/aromatic N) is 1. The van der Waals surface area contributed by atoms with E-state index in [1.54, 1.807) is 0 Å². The normalized spacial score (nSPS) is 17.7. The Morgan fingerprint density at radius 2 is 1.74 bits per heavy atom. The van der Waals surface area contributed by atoms with Crippen LogP contribution in [0.5, 0.6) is 5.75 Å². The smallest absolute Gasteiger partial charge is 0.293 e. The molecule has 1 spiro atoms. The second-order valence-electron chi connectivity index (χ2n) is 10.7. The van der Waals surface area contributed by atoms with Crippen LogP contribution in [0.1, 0.15) is 55.3 Å². The second kappa shape index (κ2) is 12.0. The molecule has 3 aromatic carbocycles. The minimum Gasteiger partial charge on any atom is -0.488 e. The first-order valence-corrected chi connectivity index (χ1v) is 13.6. The molecule has 0 radical (unpaired) electrons. The van der Waals surface area contributed by atoms with Crippen molar-refractivity contribution >= 4 is 12.2 Å². The van der Waals surface area contributed by atoms with Gasteiger partial charge in [-0.05, 0) is 90.6 Å². The monoisotopic (exact) mass is 514 g/mol. The summed E-state index contributed by atoms with van der Waals surface area (Å²) in [7, 11) is 0. The van der Waals surface area contributed by atoms with Crippen molar-refractivity contribution in [2.75, 3.05) is 31.2 Å². The van der Waals surface area contributed by atoms with Crippen LogP contribution in [0.3, 0.4) is 0 Å². The van der Waals surface area contributed by atoms with Crippen molar-refractivity contribution < 1.29 is 19.0 Å². The molecule has 2 N–H and O–H groups in total. The van der Waals surface area contributed by atoms with Gasteiger partial charge in [0.05, 0.1) is 0 Å². The Balaban J connectivity index is 1.41. The molecule has 2 aliphatic rings. The molecule has 0 aliphatic carbocycles. The molecule has 0 saturated carbocycles. The molecule has 200 valence electrons. The number of hydrogen-bond acceptors (Lipinski definition) is 6. The summed E-state index contributed by atoms with van der Waals surface area (Å²) in [6, 6.07) is 22.9. The van der Waals surface area contributed by atoms with E-state index in [1.807, 2.05) is 31.2 Å². The average Bonchev–Trinajstić information content (AvgIpc) is 2.96. The lowest BCUT2D eigenvalue weighted by Gasteiger charge is -2.45. The standard InChI is InChI=1S/C32H38N2O4/c1-24(33)26-6-4-7-27(19-26)29-17-25(21-38-31-8-3-2-5-28(31)22-37-23-35)18-30(20-29)34-13-9-32(10-14-34)11-15-36-16-12-32/h2-8,17-20,23-24H,9-16,21-22,33H2,1H3/t24-/m1/s1. The number of para-hydroxylation sites is 1. The van der Waals surface area contributed by atoms with Crippen LogP contribution in [-0.4, -0.2) is 32.8 Å². The zero-order chi connectivity index (χ0) is 26.4. The summed E-state index contributed by atoms with van der Waals surface area (Å²) < 4.78 is 16.9. The van der Waals surface area contributed by atoms with Gasteiger partial charge in [0.1, 0.15) is 19.0 Å². The Kier molecular flexibility index (Phi) is 8.30. The fourth-order valence-corrected chi connectivity index (χ4v) is 5.70. The highest BCUT2D eigenvalue weighted by Gasteiger charge is 2.36. The van der Waals surface area contributed by atoms with E-state index in [9.17, 15) is 4.79 Å². The third-order valence-electron chi connectivity index (χ3n) is 8.14. The topological polar surface area (TPSA) is 74.0 Å². The molecule has 5 rings (SSSR count). The third-order valence-corrected chi connectivity index (χ3v) is 8.14. The van der Waals surface area contributed by atoms with Crippen LogP contribution in [0.2, 0.25) is 0 Å². The minimum atomic E-state index is -0.0243. The molecule has 2 saturated heterocycles. The number of carbonyl (C=O) groups excluding carboxylic acids is 1. The molecule has 6 nitrogen and oxygen atoms in total. The maximum absolute atomic E-state index is 10.7. The highest BCUT2D eigenvalue weighted by Crippen LogP contribution is 2.42. The lowest BCUT2D eigenvalue weighted by molar-refractivity contribution is -0.129. The van der Waals surface area contributed by atoms with E-state index in [0.29, 0.717) is 18.5 Å². The van der Waals surface area contributed by atoms with Crippen LogP contribution in [0.25, 0.3) is 11.1 Å². The Morgan fingerprint density at radius 3 is 2.50 bits per heavy atom. The summed E-state index contributed by atoms with van der Waals surface area (Å²) in [5.74, 6) is 0.722. The van der Waals surface area contributed by atoms with Gasteiger partial charge in [0.15, 0.2) is 0 Å². The number of benzene rings is 3. The van der Waals surface area contributed by atoms with Gasteiger partial charge >= 0.3 is 0 Å². The van der Waals surface area contributed by atoms with E-state index >= 15 is 0 Å². The van der Waals surface area contributed by atoms with Crippen LogP contribution < -0.4 is 15.4 Å². The molecule has 0 unspecified atom stereocenters. The Labute approximate surface area is 225 Å². The molecule has 2 aliphatic heterocycles. The Morgan fingerprint density at radius 1 is 0.947 bits per heavy atom. The molecule has 2 heterocycles.